The van der Waals surface area contributed by atoms with Crippen molar-refractivity contribution < 1.29 is 14.0 Å². The molecule has 23 heavy (non-hydrogen) atoms. The minimum atomic E-state index is 0.492. The third kappa shape index (κ3) is 3.37. The molecule has 0 radical (unpaired) electrons. The van der Waals surface area contributed by atoms with E-state index >= 15 is 0 Å². The molecule has 0 fully saturated rings. The van der Waals surface area contributed by atoms with Gasteiger partial charge < -0.3 is 14.0 Å². The van der Waals surface area contributed by atoms with Crippen molar-refractivity contribution in [3.63, 3.8) is 0 Å². The van der Waals surface area contributed by atoms with Gasteiger partial charge in [-0.15, -0.1) is 0 Å². The first-order valence-corrected chi connectivity index (χ1v) is 7.79. The van der Waals surface area contributed by atoms with E-state index in [-0.39, 0.29) is 0 Å². The van der Waals surface area contributed by atoms with Gasteiger partial charge in [0.1, 0.15) is 11.5 Å². The predicted octanol–water partition coefficient (Wildman–Crippen LogP) is 4.11. The fourth-order valence-corrected chi connectivity index (χ4v) is 2.65. The van der Waals surface area contributed by atoms with Gasteiger partial charge in [0.2, 0.25) is 11.7 Å². The number of aromatic nitrogens is 2. The Kier molecular flexibility index (Phi) is 4.62. The summed E-state index contributed by atoms with van der Waals surface area (Å²) in [7, 11) is 3.21. The highest BCUT2D eigenvalue weighted by molar-refractivity contribution is 9.10. The zero-order valence-electron chi connectivity index (χ0n) is 12.7. The van der Waals surface area contributed by atoms with Crippen molar-refractivity contribution in [2.75, 3.05) is 14.2 Å². The fourth-order valence-electron chi connectivity index (χ4n) is 2.22. The van der Waals surface area contributed by atoms with Gasteiger partial charge in [-0.2, -0.15) is 4.98 Å². The Labute approximate surface area is 142 Å². The molecule has 3 aromatic rings. The summed E-state index contributed by atoms with van der Waals surface area (Å²) in [6.07, 6.45) is 0.562. The molecule has 118 valence electrons. The molecule has 0 atom stereocenters. The lowest BCUT2D eigenvalue weighted by atomic mass is 10.1. The summed E-state index contributed by atoms with van der Waals surface area (Å²) in [4.78, 5) is 4.46. The molecule has 1 heterocycles. The number of benzene rings is 2. The van der Waals surface area contributed by atoms with Crippen molar-refractivity contribution in [1.82, 2.24) is 10.1 Å². The lowest BCUT2D eigenvalue weighted by molar-refractivity contribution is 0.383. The van der Waals surface area contributed by atoms with Crippen molar-refractivity contribution in [3.05, 3.63) is 58.4 Å². The van der Waals surface area contributed by atoms with Crippen LogP contribution in [0, 0.1) is 0 Å². The minimum Gasteiger partial charge on any atom is -0.497 e. The lowest BCUT2D eigenvalue weighted by Gasteiger charge is -2.07. The van der Waals surface area contributed by atoms with Gasteiger partial charge in [-0.3, -0.25) is 0 Å². The highest BCUT2D eigenvalue weighted by Gasteiger charge is 2.15. The van der Waals surface area contributed by atoms with Gasteiger partial charge >= 0.3 is 0 Å². The molecule has 5 nitrogen and oxygen atoms in total. The standard InChI is InChI=1S/C17H15BrN2O3/c1-21-12-7-8-13(15(10-12)22-2)17-19-16(23-20-17)9-11-5-3-4-6-14(11)18/h3-8,10H,9H2,1-2H3. The average Bonchev–Trinajstić information content (AvgIpc) is 3.04. The number of hydrogen-bond acceptors (Lipinski definition) is 5. The van der Waals surface area contributed by atoms with Crippen LogP contribution in [0.1, 0.15) is 11.5 Å². The van der Waals surface area contributed by atoms with E-state index in [1.54, 1.807) is 20.3 Å². The van der Waals surface area contributed by atoms with Crippen LogP contribution in [0.5, 0.6) is 11.5 Å². The average molecular weight is 375 g/mol. The number of methoxy groups -OCH3 is 2. The molecule has 0 saturated heterocycles. The van der Waals surface area contributed by atoms with Crippen LogP contribution in [0.25, 0.3) is 11.4 Å². The minimum absolute atomic E-state index is 0.492. The van der Waals surface area contributed by atoms with Crippen molar-refractivity contribution in [2.24, 2.45) is 0 Å². The molecule has 3 rings (SSSR count). The second-order valence-corrected chi connectivity index (χ2v) is 5.70. The van der Waals surface area contributed by atoms with E-state index in [9.17, 15) is 0 Å². The van der Waals surface area contributed by atoms with Crippen molar-refractivity contribution in [3.8, 4) is 22.9 Å². The zero-order valence-corrected chi connectivity index (χ0v) is 14.3. The number of ether oxygens (including phenoxy) is 2. The Balaban J connectivity index is 1.89. The van der Waals surface area contributed by atoms with Gasteiger partial charge in [0.25, 0.3) is 0 Å². The monoisotopic (exact) mass is 374 g/mol. The first-order chi connectivity index (χ1) is 11.2. The van der Waals surface area contributed by atoms with Crippen LogP contribution < -0.4 is 9.47 Å². The van der Waals surface area contributed by atoms with Gasteiger partial charge in [-0.1, -0.05) is 39.3 Å². The van der Waals surface area contributed by atoms with Gasteiger partial charge in [-0.05, 0) is 23.8 Å². The summed E-state index contributed by atoms with van der Waals surface area (Å²) in [6, 6.07) is 13.4. The van der Waals surface area contributed by atoms with E-state index < -0.39 is 0 Å². The highest BCUT2D eigenvalue weighted by Crippen LogP contribution is 2.31. The Morgan fingerprint density at radius 1 is 1.09 bits per heavy atom. The van der Waals surface area contributed by atoms with Crippen LogP contribution in [0.15, 0.2) is 51.5 Å². The maximum absolute atomic E-state index is 5.38. The van der Waals surface area contributed by atoms with E-state index in [0.717, 1.165) is 15.6 Å². The van der Waals surface area contributed by atoms with Gasteiger partial charge in [0.05, 0.1) is 26.2 Å². The molecule has 0 aliphatic rings. The molecule has 0 spiro atoms. The number of rotatable bonds is 5. The quantitative estimate of drug-likeness (QED) is 0.672. The van der Waals surface area contributed by atoms with E-state index in [1.807, 2.05) is 36.4 Å². The first-order valence-electron chi connectivity index (χ1n) is 6.99. The van der Waals surface area contributed by atoms with E-state index in [4.69, 9.17) is 14.0 Å². The highest BCUT2D eigenvalue weighted by atomic mass is 79.9. The fraction of sp³-hybridized carbons (Fsp3) is 0.176. The first kappa shape index (κ1) is 15.6. The number of hydrogen-bond donors (Lipinski definition) is 0. The molecule has 1 aromatic heterocycles. The molecule has 0 bridgehead atoms. The third-order valence-electron chi connectivity index (χ3n) is 3.42. The van der Waals surface area contributed by atoms with Gasteiger partial charge in [-0.25, -0.2) is 0 Å². The molecule has 6 heteroatoms. The summed E-state index contributed by atoms with van der Waals surface area (Å²) in [5.74, 6) is 2.39. The molecule has 0 N–H and O–H groups in total. The normalized spacial score (nSPS) is 10.6. The molecule has 0 amide bonds. The maximum atomic E-state index is 5.38. The van der Waals surface area contributed by atoms with Crippen molar-refractivity contribution >= 4 is 15.9 Å². The molecule has 0 aliphatic carbocycles. The van der Waals surface area contributed by atoms with Gasteiger partial charge in [0.15, 0.2) is 0 Å². The molecule has 0 unspecified atom stereocenters. The van der Waals surface area contributed by atoms with E-state index in [0.29, 0.717) is 29.6 Å². The topological polar surface area (TPSA) is 57.4 Å². The summed E-state index contributed by atoms with van der Waals surface area (Å²) in [5, 5.41) is 4.05. The van der Waals surface area contributed by atoms with Crippen molar-refractivity contribution in [2.45, 2.75) is 6.42 Å². The van der Waals surface area contributed by atoms with Crippen LogP contribution in [-0.4, -0.2) is 24.4 Å². The zero-order chi connectivity index (χ0) is 16.2. The molecule has 0 aliphatic heterocycles. The summed E-state index contributed by atoms with van der Waals surface area (Å²) < 4.78 is 17.0. The number of nitrogens with zero attached hydrogens (tertiary/aromatic N) is 2. The maximum Gasteiger partial charge on any atom is 0.231 e. The van der Waals surface area contributed by atoms with Crippen LogP contribution in [0.4, 0.5) is 0 Å². The van der Waals surface area contributed by atoms with Crippen LogP contribution in [-0.2, 0) is 6.42 Å². The predicted molar refractivity (Wildman–Crippen MR) is 89.8 cm³/mol. The molecule has 2 aromatic carbocycles. The second-order valence-electron chi connectivity index (χ2n) is 4.85. The smallest absolute Gasteiger partial charge is 0.231 e. The number of halogens is 1. The van der Waals surface area contributed by atoms with E-state index in [2.05, 4.69) is 26.1 Å². The molecular weight excluding hydrogens is 360 g/mol. The van der Waals surface area contributed by atoms with Crippen LogP contribution in [0.2, 0.25) is 0 Å². The third-order valence-corrected chi connectivity index (χ3v) is 4.19. The SMILES string of the molecule is COc1ccc(-c2noc(Cc3ccccc3Br)n2)c(OC)c1. The lowest BCUT2D eigenvalue weighted by Crippen LogP contribution is -1.92. The largest absolute Gasteiger partial charge is 0.497 e. The summed E-state index contributed by atoms with van der Waals surface area (Å²) in [6.45, 7) is 0. The second kappa shape index (κ2) is 6.83. The Hall–Kier alpha value is -2.34. The van der Waals surface area contributed by atoms with Crippen molar-refractivity contribution in [1.29, 1.82) is 0 Å². The van der Waals surface area contributed by atoms with Crippen LogP contribution in [0.3, 0.4) is 0 Å². The Morgan fingerprint density at radius 2 is 1.91 bits per heavy atom. The van der Waals surface area contributed by atoms with Gasteiger partial charge in [0, 0.05) is 10.5 Å². The van der Waals surface area contributed by atoms with Crippen LogP contribution >= 0.6 is 15.9 Å². The van der Waals surface area contributed by atoms with E-state index in [1.165, 1.54) is 0 Å². The Bertz CT molecular complexity index is 817. The Morgan fingerprint density at radius 3 is 2.65 bits per heavy atom. The molecule has 0 saturated carbocycles. The summed E-state index contributed by atoms with van der Waals surface area (Å²) in [5.41, 5.74) is 1.85. The summed E-state index contributed by atoms with van der Waals surface area (Å²) >= 11 is 3.52. The molecular formula is C17H15BrN2O3.